The molecular formula is C13H10ClN3O3S. The number of ether oxygens (including phenoxy) is 1. The molecule has 0 fully saturated rings. The average Bonchev–Trinajstić information content (AvgIpc) is 3.05. The van der Waals surface area contributed by atoms with Crippen molar-refractivity contribution in [2.75, 3.05) is 11.9 Å². The third-order valence-electron chi connectivity index (χ3n) is 2.55. The van der Waals surface area contributed by atoms with Crippen molar-refractivity contribution in [3.8, 4) is 0 Å². The molecule has 0 bridgehead atoms. The Morgan fingerprint density at radius 3 is 3.14 bits per heavy atom. The SMILES string of the molecule is CCOC(=O)c1csc(Nc2nc3cc(Cl)ccc3o2)n1. The second-order valence-electron chi connectivity index (χ2n) is 4.01. The van der Waals surface area contributed by atoms with Gasteiger partial charge in [-0.25, -0.2) is 9.78 Å². The van der Waals surface area contributed by atoms with E-state index in [2.05, 4.69) is 15.3 Å². The maximum atomic E-state index is 11.5. The van der Waals surface area contributed by atoms with Gasteiger partial charge in [0, 0.05) is 10.4 Å². The van der Waals surface area contributed by atoms with Crippen molar-refractivity contribution in [2.45, 2.75) is 6.92 Å². The molecule has 0 aliphatic rings. The van der Waals surface area contributed by atoms with Gasteiger partial charge in [0.05, 0.1) is 6.61 Å². The van der Waals surface area contributed by atoms with E-state index in [0.717, 1.165) is 0 Å². The number of thiazole rings is 1. The van der Waals surface area contributed by atoms with Crippen LogP contribution in [0.3, 0.4) is 0 Å². The lowest BCUT2D eigenvalue weighted by molar-refractivity contribution is 0.0520. The van der Waals surface area contributed by atoms with E-state index in [4.69, 9.17) is 20.8 Å². The molecule has 21 heavy (non-hydrogen) atoms. The Kier molecular flexibility index (Phi) is 3.76. The zero-order valence-corrected chi connectivity index (χ0v) is 12.5. The number of rotatable bonds is 4. The lowest BCUT2D eigenvalue weighted by atomic mass is 10.3. The fraction of sp³-hybridized carbons (Fsp3) is 0.154. The van der Waals surface area contributed by atoms with Gasteiger partial charge < -0.3 is 9.15 Å². The smallest absolute Gasteiger partial charge is 0.357 e. The summed E-state index contributed by atoms with van der Waals surface area (Å²) in [6.07, 6.45) is 0. The van der Waals surface area contributed by atoms with Gasteiger partial charge in [0.1, 0.15) is 5.52 Å². The van der Waals surface area contributed by atoms with Crippen molar-refractivity contribution in [2.24, 2.45) is 0 Å². The Morgan fingerprint density at radius 1 is 1.48 bits per heavy atom. The van der Waals surface area contributed by atoms with Crippen molar-refractivity contribution in [1.29, 1.82) is 0 Å². The topological polar surface area (TPSA) is 77.2 Å². The van der Waals surface area contributed by atoms with E-state index >= 15 is 0 Å². The number of carbonyl (C=O) groups is 1. The summed E-state index contributed by atoms with van der Waals surface area (Å²) in [5, 5.41) is 5.60. The number of hydrogen-bond donors (Lipinski definition) is 1. The summed E-state index contributed by atoms with van der Waals surface area (Å²) in [6.45, 7) is 2.05. The number of benzene rings is 1. The molecule has 3 rings (SSSR count). The predicted molar refractivity (Wildman–Crippen MR) is 80.4 cm³/mol. The van der Waals surface area contributed by atoms with Gasteiger partial charge in [-0.1, -0.05) is 11.6 Å². The second kappa shape index (κ2) is 5.71. The van der Waals surface area contributed by atoms with Crippen LogP contribution in [0.4, 0.5) is 11.1 Å². The molecule has 0 radical (unpaired) electrons. The highest BCUT2D eigenvalue weighted by atomic mass is 35.5. The molecule has 8 heteroatoms. The summed E-state index contributed by atoms with van der Waals surface area (Å²) in [5.74, 6) is -0.453. The summed E-state index contributed by atoms with van der Waals surface area (Å²) >= 11 is 7.15. The summed E-state index contributed by atoms with van der Waals surface area (Å²) < 4.78 is 10.4. The molecule has 0 aliphatic carbocycles. The first-order valence-corrected chi connectivity index (χ1v) is 7.37. The van der Waals surface area contributed by atoms with Gasteiger partial charge in [-0.3, -0.25) is 5.32 Å². The van der Waals surface area contributed by atoms with Crippen molar-refractivity contribution in [1.82, 2.24) is 9.97 Å². The molecule has 0 spiro atoms. The normalized spacial score (nSPS) is 10.8. The Hall–Kier alpha value is -2.12. The van der Waals surface area contributed by atoms with E-state index in [9.17, 15) is 4.79 Å². The number of hydrogen-bond acceptors (Lipinski definition) is 7. The molecule has 1 N–H and O–H groups in total. The summed E-state index contributed by atoms with van der Waals surface area (Å²) in [4.78, 5) is 19.9. The maximum Gasteiger partial charge on any atom is 0.357 e. The van der Waals surface area contributed by atoms with E-state index in [1.807, 2.05) is 0 Å². The third-order valence-corrected chi connectivity index (χ3v) is 3.55. The highest BCUT2D eigenvalue weighted by Crippen LogP contribution is 2.26. The first-order valence-electron chi connectivity index (χ1n) is 6.11. The number of nitrogens with one attached hydrogen (secondary N) is 1. The number of aromatic nitrogens is 2. The minimum absolute atomic E-state index is 0.253. The summed E-state index contributed by atoms with van der Waals surface area (Å²) in [5.41, 5.74) is 1.51. The zero-order valence-electron chi connectivity index (χ0n) is 10.9. The van der Waals surface area contributed by atoms with Gasteiger partial charge in [-0.15, -0.1) is 11.3 Å². The molecule has 108 valence electrons. The monoisotopic (exact) mass is 323 g/mol. The highest BCUT2D eigenvalue weighted by molar-refractivity contribution is 7.14. The fourth-order valence-corrected chi connectivity index (χ4v) is 2.51. The molecule has 0 unspecified atom stereocenters. The number of esters is 1. The Morgan fingerprint density at radius 2 is 2.33 bits per heavy atom. The zero-order chi connectivity index (χ0) is 14.8. The molecule has 6 nitrogen and oxygen atoms in total. The van der Waals surface area contributed by atoms with Crippen LogP contribution in [0, 0.1) is 0 Å². The van der Waals surface area contributed by atoms with Crippen LogP contribution in [-0.4, -0.2) is 22.5 Å². The number of anilines is 2. The Bertz CT molecular complexity index is 799. The van der Waals surface area contributed by atoms with Crippen molar-refractivity contribution in [3.05, 3.63) is 34.3 Å². The van der Waals surface area contributed by atoms with Crippen LogP contribution >= 0.6 is 22.9 Å². The molecule has 3 aromatic rings. The molecule has 0 atom stereocenters. The Balaban J connectivity index is 1.80. The average molecular weight is 324 g/mol. The lowest BCUT2D eigenvalue weighted by Crippen LogP contribution is -2.04. The van der Waals surface area contributed by atoms with Crippen molar-refractivity contribution >= 4 is 51.2 Å². The summed E-state index contributed by atoms with van der Waals surface area (Å²) in [7, 11) is 0. The highest BCUT2D eigenvalue weighted by Gasteiger charge is 2.13. The first kappa shape index (κ1) is 13.8. The molecule has 0 saturated carbocycles. The number of oxazole rings is 1. The van der Waals surface area contributed by atoms with E-state index < -0.39 is 5.97 Å². The van der Waals surface area contributed by atoms with Gasteiger partial charge in [0.25, 0.3) is 0 Å². The molecule has 0 saturated heterocycles. The van der Waals surface area contributed by atoms with Crippen LogP contribution in [0.15, 0.2) is 28.0 Å². The van der Waals surface area contributed by atoms with Gasteiger partial charge in [-0.05, 0) is 25.1 Å². The second-order valence-corrected chi connectivity index (χ2v) is 5.31. The molecule has 2 aromatic heterocycles. The quantitative estimate of drug-likeness (QED) is 0.735. The van der Waals surface area contributed by atoms with Crippen LogP contribution in [0.5, 0.6) is 0 Å². The Labute approximate surface area is 128 Å². The van der Waals surface area contributed by atoms with Crippen LogP contribution in [0.1, 0.15) is 17.4 Å². The van der Waals surface area contributed by atoms with Crippen molar-refractivity contribution < 1.29 is 13.9 Å². The minimum Gasteiger partial charge on any atom is -0.461 e. The van der Waals surface area contributed by atoms with Crippen LogP contribution in [0.2, 0.25) is 5.02 Å². The van der Waals surface area contributed by atoms with Gasteiger partial charge in [0.15, 0.2) is 16.4 Å². The van der Waals surface area contributed by atoms with Gasteiger partial charge >= 0.3 is 12.0 Å². The van der Waals surface area contributed by atoms with Gasteiger partial charge in [-0.2, -0.15) is 4.98 Å². The van der Waals surface area contributed by atoms with E-state index in [1.165, 1.54) is 11.3 Å². The number of nitrogens with zero attached hydrogens (tertiary/aromatic N) is 2. The maximum absolute atomic E-state index is 11.5. The summed E-state index contributed by atoms with van der Waals surface area (Å²) in [6, 6.07) is 5.46. The molecule has 0 amide bonds. The molecule has 2 heterocycles. The lowest BCUT2D eigenvalue weighted by Gasteiger charge is -1.96. The van der Waals surface area contributed by atoms with E-state index in [0.29, 0.717) is 27.9 Å². The van der Waals surface area contributed by atoms with Gasteiger partial charge in [0.2, 0.25) is 0 Å². The third kappa shape index (κ3) is 2.98. The number of carbonyl (C=O) groups excluding carboxylic acids is 1. The van der Waals surface area contributed by atoms with Crippen LogP contribution < -0.4 is 5.32 Å². The van der Waals surface area contributed by atoms with Crippen LogP contribution in [0.25, 0.3) is 11.1 Å². The first-order chi connectivity index (χ1) is 10.2. The molecule has 0 aliphatic heterocycles. The van der Waals surface area contributed by atoms with Crippen LogP contribution in [-0.2, 0) is 4.74 Å². The standard InChI is InChI=1S/C13H10ClN3O3S/c1-2-19-11(18)9-6-21-13(16-9)17-12-15-8-5-7(14)3-4-10(8)20-12/h3-6H,2H2,1H3,(H,15,16,17). The van der Waals surface area contributed by atoms with E-state index in [1.54, 1.807) is 30.5 Å². The number of fused-ring (bicyclic) bond motifs is 1. The number of halogens is 1. The van der Waals surface area contributed by atoms with Crippen molar-refractivity contribution in [3.63, 3.8) is 0 Å². The minimum atomic E-state index is -0.453. The largest absolute Gasteiger partial charge is 0.461 e. The predicted octanol–water partition coefficient (Wildman–Crippen LogP) is 3.86. The molecular weight excluding hydrogens is 314 g/mol. The fourth-order valence-electron chi connectivity index (χ4n) is 1.68. The molecule has 1 aromatic carbocycles. The van der Waals surface area contributed by atoms with E-state index in [-0.39, 0.29) is 11.7 Å².